The smallest absolute Gasteiger partial charge is 0.273 e. The molecule has 0 radical (unpaired) electrons. The second-order valence-corrected chi connectivity index (χ2v) is 8.01. The number of anilines is 1. The lowest BCUT2D eigenvalue weighted by Gasteiger charge is -2.15. The number of amides is 2. The molecule has 0 aliphatic rings. The number of hydrogen-bond donors (Lipinski definition) is 1. The van der Waals surface area contributed by atoms with Crippen LogP contribution in [0.25, 0.3) is 10.6 Å². The van der Waals surface area contributed by atoms with Crippen LogP contribution in [-0.4, -0.2) is 41.9 Å². The lowest BCUT2D eigenvalue weighted by molar-refractivity contribution is -0.116. The van der Waals surface area contributed by atoms with Gasteiger partial charge in [0, 0.05) is 23.7 Å². The van der Waals surface area contributed by atoms with Gasteiger partial charge in [0.25, 0.3) is 5.91 Å². The first kappa shape index (κ1) is 22.1. The first-order valence-electron chi connectivity index (χ1n) is 9.06. The summed E-state index contributed by atoms with van der Waals surface area (Å²) in [6.45, 7) is 2.39. The van der Waals surface area contributed by atoms with E-state index in [1.165, 1.54) is 16.2 Å². The molecule has 0 saturated heterocycles. The largest absolute Gasteiger partial charge is 0.494 e. The Kier molecular flexibility index (Phi) is 7.31. The van der Waals surface area contributed by atoms with Crippen LogP contribution in [-0.2, 0) is 4.79 Å². The van der Waals surface area contributed by atoms with E-state index in [4.69, 9.17) is 27.9 Å². The van der Waals surface area contributed by atoms with Gasteiger partial charge >= 0.3 is 0 Å². The van der Waals surface area contributed by atoms with Gasteiger partial charge in [-0.2, -0.15) is 0 Å². The number of hydrogen-bond acceptors (Lipinski definition) is 5. The highest BCUT2D eigenvalue weighted by atomic mass is 35.5. The van der Waals surface area contributed by atoms with Crippen molar-refractivity contribution in [2.45, 2.75) is 6.92 Å². The van der Waals surface area contributed by atoms with Crippen molar-refractivity contribution >= 4 is 52.0 Å². The summed E-state index contributed by atoms with van der Waals surface area (Å²) in [4.78, 5) is 30.6. The van der Waals surface area contributed by atoms with Crippen molar-refractivity contribution < 1.29 is 14.3 Å². The highest BCUT2D eigenvalue weighted by Crippen LogP contribution is 2.27. The van der Waals surface area contributed by atoms with Crippen molar-refractivity contribution in [3.8, 4) is 16.3 Å². The zero-order chi connectivity index (χ0) is 21.7. The number of nitrogens with one attached hydrogen (secondary N) is 1. The summed E-state index contributed by atoms with van der Waals surface area (Å²) in [6.07, 6.45) is 0. The van der Waals surface area contributed by atoms with Gasteiger partial charge in [-0.05, 0) is 49.4 Å². The summed E-state index contributed by atoms with van der Waals surface area (Å²) < 4.78 is 5.43. The SMILES string of the molecule is CCOc1ccc(-c2nc(C(=O)N(C)CC(=O)Nc3ccc(Cl)c(Cl)c3)cs2)cc1. The van der Waals surface area contributed by atoms with Gasteiger partial charge in [0.1, 0.15) is 16.5 Å². The Hall–Kier alpha value is -2.61. The first-order valence-corrected chi connectivity index (χ1v) is 10.7. The zero-order valence-electron chi connectivity index (χ0n) is 16.3. The molecule has 0 unspecified atom stereocenters. The highest BCUT2D eigenvalue weighted by molar-refractivity contribution is 7.13. The number of carbonyl (C=O) groups excluding carboxylic acids is 2. The first-order chi connectivity index (χ1) is 14.4. The van der Waals surface area contributed by atoms with Gasteiger partial charge in [-0.1, -0.05) is 23.2 Å². The Morgan fingerprint density at radius 2 is 1.87 bits per heavy atom. The number of carbonyl (C=O) groups is 2. The molecule has 3 aromatic rings. The minimum absolute atomic E-state index is 0.130. The molecular formula is C21H19Cl2N3O3S. The van der Waals surface area contributed by atoms with E-state index in [1.54, 1.807) is 30.6 Å². The Labute approximate surface area is 188 Å². The zero-order valence-corrected chi connectivity index (χ0v) is 18.6. The third-order valence-corrected chi connectivity index (χ3v) is 5.70. The number of nitrogens with zero attached hydrogens (tertiary/aromatic N) is 2. The summed E-state index contributed by atoms with van der Waals surface area (Å²) >= 11 is 13.2. The third kappa shape index (κ3) is 5.50. The number of likely N-dealkylation sites (N-methyl/N-ethyl adjacent to an activating group) is 1. The molecular weight excluding hydrogens is 445 g/mol. The molecule has 2 aromatic carbocycles. The summed E-state index contributed by atoms with van der Waals surface area (Å²) in [6, 6.07) is 12.3. The lowest BCUT2D eigenvalue weighted by Crippen LogP contribution is -2.35. The van der Waals surface area contributed by atoms with Crippen molar-refractivity contribution in [2.75, 3.05) is 25.5 Å². The van der Waals surface area contributed by atoms with Gasteiger partial charge in [0.05, 0.1) is 23.2 Å². The average Bonchev–Trinajstić information content (AvgIpc) is 3.21. The van der Waals surface area contributed by atoms with Crippen LogP contribution in [0.3, 0.4) is 0 Å². The highest BCUT2D eigenvalue weighted by Gasteiger charge is 2.18. The normalized spacial score (nSPS) is 10.5. The summed E-state index contributed by atoms with van der Waals surface area (Å²) in [7, 11) is 1.55. The Morgan fingerprint density at radius 1 is 1.13 bits per heavy atom. The van der Waals surface area contributed by atoms with Gasteiger partial charge in [0.15, 0.2) is 0 Å². The van der Waals surface area contributed by atoms with E-state index in [1.807, 2.05) is 31.2 Å². The number of benzene rings is 2. The van der Waals surface area contributed by atoms with Gasteiger partial charge in [-0.15, -0.1) is 11.3 Å². The van der Waals surface area contributed by atoms with Crippen LogP contribution in [0.15, 0.2) is 47.8 Å². The van der Waals surface area contributed by atoms with E-state index in [2.05, 4.69) is 10.3 Å². The summed E-state index contributed by atoms with van der Waals surface area (Å²) in [5.74, 6) is 0.0840. The number of aromatic nitrogens is 1. The van der Waals surface area contributed by atoms with Crippen molar-refractivity contribution in [2.24, 2.45) is 0 Å². The molecule has 0 atom stereocenters. The predicted octanol–water partition coefficient (Wildman–Crippen LogP) is 5.23. The molecule has 0 aliphatic heterocycles. The fourth-order valence-corrected chi connectivity index (χ4v) is 3.72. The van der Waals surface area contributed by atoms with E-state index in [0.717, 1.165) is 16.3 Å². The van der Waals surface area contributed by atoms with E-state index >= 15 is 0 Å². The molecule has 9 heteroatoms. The summed E-state index contributed by atoms with van der Waals surface area (Å²) in [5.41, 5.74) is 1.68. The van der Waals surface area contributed by atoms with Crippen molar-refractivity contribution in [3.63, 3.8) is 0 Å². The molecule has 1 aromatic heterocycles. The number of ether oxygens (including phenoxy) is 1. The summed E-state index contributed by atoms with van der Waals surface area (Å²) in [5, 5.41) is 5.82. The van der Waals surface area contributed by atoms with Crippen LogP contribution >= 0.6 is 34.5 Å². The van der Waals surface area contributed by atoms with Crippen molar-refractivity contribution in [1.29, 1.82) is 0 Å². The molecule has 30 heavy (non-hydrogen) atoms. The van der Waals surface area contributed by atoms with Gasteiger partial charge in [0.2, 0.25) is 5.91 Å². The quantitative estimate of drug-likeness (QED) is 0.520. The van der Waals surface area contributed by atoms with Crippen molar-refractivity contribution in [1.82, 2.24) is 9.88 Å². The minimum atomic E-state index is -0.355. The maximum absolute atomic E-state index is 12.6. The molecule has 1 heterocycles. The van der Waals surface area contributed by atoms with Gasteiger partial charge in [-0.25, -0.2) is 4.98 Å². The molecule has 0 aliphatic carbocycles. The van der Waals surface area contributed by atoms with E-state index in [0.29, 0.717) is 22.3 Å². The van der Waals surface area contributed by atoms with Crippen molar-refractivity contribution in [3.05, 3.63) is 63.6 Å². The van der Waals surface area contributed by atoms with Crippen LogP contribution in [0.5, 0.6) is 5.75 Å². The van der Waals surface area contributed by atoms with Crippen LogP contribution in [0.1, 0.15) is 17.4 Å². The van der Waals surface area contributed by atoms with E-state index in [9.17, 15) is 9.59 Å². The maximum atomic E-state index is 12.6. The van der Waals surface area contributed by atoms with Crippen LogP contribution in [0.2, 0.25) is 10.0 Å². The standard InChI is InChI=1S/C21H19Cl2N3O3S/c1-3-29-15-7-4-13(5-8-15)20-25-18(12-30-20)21(28)26(2)11-19(27)24-14-6-9-16(22)17(23)10-14/h4-10,12H,3,11H2,1-2H3,(H,24,27). The molecule has 0 spiro atoms. The second-order valence-electron chi connectivity index (χ2n) is 6.33. The Morgan fingerprint density at radius 3 is 2.53 bits per heavy atom. The molecule has 0 fully saturated rings. The molecule has 3 rings (SSSR count). The van der Waals surface area contributed by atoms with Crippen LogP contribution in [0, 0.1) is 0 Å². The molecule has 6 nitrogen and oxygen atoms in total. The topological polar surface area (TPSA) is 71.5 Å². The number of thiazole rings is 1. The third-order valence-electron chi connectivity index (χ3n) is 4.07. The average molecular weight is 464 g/mol. The molecule has 0 bridgehead atoms. The van der Waals surface area contributed by atoms with Gasteiger partial charge < -0.3 is 15.0 Å². The number of halogens is 2. The van der Waals surface area contributed by atoms with Crippen LogP contribution < -0.4 is 10.1 Å². The van der Waals surface area contributed by atoms with Gasteiger partial charge in [-0.3, -0.25) is 9.59 Å². The van der Waals surface area contributed by atoms with E-state index < -0.39 is 0 Å². The lowest BCUT2D eigenvalue weighted by atomic mass is 10.2. The Bertz CT molecular complexity index is 1050. The fourth-order valence-electron chi connectivity index (χ4n) is 2.62. The number of rotatable bonds is 7. The van der Waals surface area contributed by atoms with Crippen LogP contribution in [0.4, 0.5) is 5.69 Å². The molecule has 156 valence electrons. The molecule has 1 N–H and O–H groups in total. The molecule has 0 saturated carbocycles. The molecule has 2 amide bonds. The second kappa shape index (κ2) is 9.93. The maximum Gasteiger partial charge on any atom is 0.273 e. The predicted molar refractivity (Wildman–Crippen MR) is 121 cm³/mol. The fraction of sp³-hybridized carbons (Fsp3) is 0.190. The van der Waals surface area contributed by atoms with E-state index in [-0.39, 0.29) is 24.1 Å². The monoisotopic (exact) mass is 463 g/mol. The Balaban J connectivity index is 1.61. The minimum Gasteiger partial charge on any atom is -0.494 e.